The Hall–Kier alpha value is -1.40. The number of rotatable bonds is 6. The fourth-order valence-electron chi connectivity index (χ4n) is 2.52. The van der Waals surface area contributed by atoms with Crippen molar-refractivity contribution >= 4 is 5.91 Å². The second-order valence-corrected chi connectivity index (χ2v) is 4.91. The number of ether oxygens (including phenoxy) is 1. The van der Waals surface area contributed by atoms with E-state index < -0.39 is 5.91 Å². The molecule has 0 spiro atoms. The van der Waals surface area contributed by atoms with Crippen LogP contribution in [0.1, 0.15) is 41.9 Å². The SMILES string of the molecule is CCOCCN1CCC[C@H](c2cc(C(N)=O)n[nH]2)C1. The van der Waals surface area contributed by atoms with Gasteiger partial charge in [0.25, 0.3) is 5.91 Å². The molecule has 1 amide bonds. The Balaban J connectivity index is 1.90. The standard InChI is InChI=1S/C13H22N4O2/c1-2-19-7-6-17-5-3-4-10(9-17)11-8-12(13(14)18)16-15-11/h8,10H,2-7,9H2,1H3,(H2,14,18)(H,15,16)/t10-/m0/s1. The van der Waals surface area contributed by atoms with Crippen molar-refractivity contribution in [1.82, 2.24) is 15.1 Å². The highest BCUT2D eigenvalue weighted by Crippen LogP contribution is 2.25. The van der Waals surface area contributed by atoms with Crippen molar-refractivity contribution in [2.24, 2.45) is 5.73 Å². The number of nitrogens with one attached hydrogen (secondary N) is 1. The van der Waals surface area contributed by atoms with Gasteiger partial charge < -0.3 is 15.4 Å². The molecule has 0 aromatic carbocycles. The summed E-state index contributed by atoms with van der Waals surface area (Å²) in [7, 11) is 0. The van der Waals surface area contributed by atoms with Gasteiger partial charge in [-0.3, -0.25) is 9.89 Å². The number of likely N-dealkylation sites (tertiary alicyclic amines) is 1. The smallest absolute Gasteiger partial charge is 0.269 e. The molecule has 2 rings (SSSR count). The van der Waals surface area contributed by atoms with Gasteiger partial charge in [-0.15, -0.1) is 0 Å². The number of hydrogen-bond donors (Lipinski definition) is 2. The molecular formula is C13H22N4O2. The largest absolute Gasteiger partial charge is 0.380 e. The number of hydrogen-bond acceptors (Lipinski definition) is 4. The first-order valence-corrected chi connectivity index (χ1v) is 6.86. The Bertz CT molecular complexity index is 419. The van der Waals surface area contributed by atoms with Crippen LogP contribution < -0.4 is 5.73 Å². The van der Waals surface area contributed by atoms with Crippen molar-refractivity contribution in [2.45, 2.75) is 25.7 Å². The molecular weight excluding hydrogens is 244 g/mol. The number of aromatic nitrogens is 2. The Morgan fingerprint density at radius 2 is 2.53 bits per heavy atom. The van der Waals surface area contributed by atoms with E-state index in [1.54, 1.807) is 6.07 Å². The molecule has 0 unspecified atom stereocenters. The summed E-state index contributed by atoms with van der Waals surface area (Å²) < 4.78 is 5.39. The minimum absolute atomic E-state index is 0.321. The highest BCUT2D eigenvalue weighted by Gasteiger charge is 2.23. The van der Waals surface area contributed by atoms with E-state index in [-0.39, 0.29) is 0 Å². The number of amides is 1. The van der Waals surface area contributed by atoms with Gasteiger partial charge in [-0.05, 0) is 32.4 Å². The zero-order valence-electron chi connectivity index (χ0n) is 11.4. The van der Waals surface area contributed by atoms with Crippen molar-refractivity contribution in [3.63, 3.8) is 0 Å². The molecule has 6 nitrogen and oxygen atoms in total. The van der Waals surface area contributed by atoms with E-state index in [1.807, 2.05) is 6.92 Å². The fraction of sp³-hybridized carbons (Fsp3) is 0.692. The third-order valence-corrected chi connectivity index (χ3v) is 3.55. The van der Waals surface area contributed by atoms with Gasteiger partial charge in [-0.2, -0.15) is 5.10 Å². The molecule has 3 N–H and O–H groups in total. The molecule has 1 fully saturated rings. The first-order chi connectivity index (χ1) is 9.20. The molecule has 106 valence electrons. The van der Waals surface area contributed by atoms with Gasteiger partial charge in [-0.1, -0.05) is 0 Å². The number of aromatic amines is 1. The molecule has 1 aromatic heterocycles. The van der Waals surface area contributed by atoms with E-state index in [2.05, 4.69) is 15.1 Å². The number of piperidine rings is 1. The lowest BCUT2D eigenvalue weighted by Gasteiger charge is -2.31. The first-order valence-electron chi connectivity index (χ1n) is 6.86. The monoisotopic (exact) mass is 266 g/mol. The summed E-state index contributed by atoms with van der Waals surface area (Å²) in [5.74, 6) is -0.0810. The Kier molecular flexibility index (Phi) is 4.93. The maximum Gasteiger partial charge on any atom is 0.269 e. The molecule has 0 aliphatic carbocycles. The Labute approximate surface area is 113 Å². The summed E-state index contributed by atoms with van der Waals surface area (Å²) in [4.78, 5) is 13.4. The predicted molar refractivity (Wildman–Crippen MR) is 72.0 cm³/mol. The third-order valence-electron chi connectivity index (χ3n) is 3.55. The van der Waals surface area contributed by atoms with Crippen LogP contribution in [0.15, 0.2) is 6.07 Å². The van der Waals surface area contributed by atoms with E-state index in [1.165, 1.54) is 0 Å². The van der Waals surface area contributed by atoms with Gasteiger partial charge in [-0.25, -0.2) is 0 Å². The number of carbonyl (C=O) groups is 1. The van der Waals surface area contributed by atoms with E-state index in [0.29, 0.717) is 11.6 Å². The maximum atomic E-state index is 11.0. The molecule has 0 bridgehead atoms. The quantitative estimate of drug-likeness (QED) is 0.743. The van der Waals surface area contributed by atoms with Crippen LogP contribution in [0.2, 0.25) is 0 Å². The number of carbonyl (C=O) groups excluding carboxylic acids is 1. The fourth-order valence-corrected chi connectivity index (χ4v) is 2.52. The highest BCUT2D eigenvalue weighted by molar-refractivity contribution is 5.90. The van der Waals surface area contributed by atoms with E-state index in [9.17, 15) is 4.79 Å². The van der Waals surface area contributed by atoms with Gasteiger partial charge in [0.15, 0.2) is 0 Å². The van der Waals surface area contributed by atoms with E-state index in [0.717, 1.165) is 51.4 Å². The summed E-state index contributed by atoms with van der Waals surface area (Å²) >= 11 is 0. The average molecular weight is 266 g/mol. The van der Waals surface area contributed by atoms with Crippen LogP contribution in [-0.2, 0) is 4.74 Å². The molecule has 0 saturated carbocycles. The summed E-state index contributed by atoms with van der Waals surface area (Å²) in [5, 5.41) is 6.88. The van der Waals surface area contributed by atoms with Crippen LogP contribution >= 0.6 is 0 Å². The van der Waals surface area contributed by atoms with Crippen LogP contribution in [-0.4, -0.2) is 53.9 Å². The minimum Gasteiger partial charge on any atom is -0.380 e. The van der Waals surface area contributed by atoms with Crippen LogP contribution in [0.5, 0.6) is 0 Å². The zero-order chi connectivity index (χ0) is 13.7. The molecule has 1 atom stereocenters. The van der Waals surface area contributed by atoms with Crippen LogP contribution in [0.3, 0.4) is 0 Å². The second-order valence-electron chi connectivity index (χ2n) is 4.91. The molecule has 2 heterocycles. The summed E-state index contributed by atoms with van der Waals surface area (Å²) in [6, 6.07) is 1.78. The molecule has 1 aliphatic rings. The summed E-state index contributed by atoms with van der Waals surface area (Å²) in [5.41, 5.74) is 6.55. The van der Waals surface area contributed by atoms with Gasteiger partial charge >= 0.3 is 0 Å². The minimum atomic E-state index is -0.480. The zero-order valence-corrected chi connectivity index (χ0v) is 11.4. The molecule has 1 saturated heterocycles. The van der Waals surface area contributed by atoms with Crippen molar-refractivity contribution in [1.29, 1.82) is 0 Å². The van der Waals surface area contributed by atoms with Gasteiger partial charge in [0.05, 0.1) is 6.61 Å². The Morgan fingerprint density at radius 1 is 1.68 bits per heavy atom. The van der Waals surface area contributed by atoms with Gasteiger partial charge in [0, 0.05) is 31.3 Å². The van der Waals surface area contributed by atoms with Crippen molar-refractivity contribution in [3.8, 4) is 0 Å². The molecule has 0 radical (unpaired) electrons. The molecule has 1 aromatic rings. The second kappa shape index (κ2) is 6.68. The number of H-pyrrole nitrogens is 1. The van der Waals surface area contributed by atoms with Crippen molar-refractivity contribution in [3.05, 3.63) is 17.5 Å². The molecule has 19 heavy (non-hydrogen) atoms. The Morgan fingerprint density at radius 3 is 3.21 bits per heavy atom. The first kappa shape index (κ1) is 14.0. The van der Waals surface area contributed by atoms with Crippen LogP contribution in [0, 0.1) is 0 Å². The maximum absolute atomic E-state index is 11.0. The predicted octanol–water partition coefficient (Wildman–Crippen LogP) is 0.725. The summed E-state index contributed by atoms with van der Waals surface area (Å²) in [6.45, 7) is 6.60. The molecule has 6 heteroatoms. The topological polar surface area (TPSA) is 84.2 Å². The van der Waals surface area contributed by atoms with Crippen molar-refractivity contribution in [2.75, 3.05) is 32.8 Å². The van der Waals surface area contributed by atoms with Gasteiger partial charge in [0.1, 0.15) is 5.69 Å². The van der Waals surface area contributed by atoms with Gasteiger partial charge in [0.2, 0.25) is 0 Å². The van der Waals surface area contributed by atoms with E-state index in [4.69, 9.17) is 10.5 Å². The van der Waals surface area contributed by atoms with E-state index >= 15 is 0 Å². The lowest BCUT2D eigenvalue weighted by molar-refractivity contribution is 0.0995. The number of nitrogens with two attached hydrogens (primary N) is 1. The highest BCUT2D eigenvalue weighted by atomic mass is 16.5. The van der Waals surface area contributed by atoms with Crippen LogP contribution in [0.25, 0.3) is 0 Å². The molecule has 1 aliphatic heterocycles. The third kappa shape index (κ3) is 3.78. The number of nitrogens with zero attached hydrogens (tertiary/aromatic N) is 2. The normalized spacial score (nSPS) is 20.6. The van der Waals surface area contributed by atoms with Crippen molar-refractivity contribution < 1.29 is 9.53 Å². The number of primary amides is 1. The lowest BCUT2D eigenvalue weighted by Crippen LogP contribution is -2.36. The average Bonchev–Trinajstić information content (AvgIpc) is 2.89. The summed E-state index contributed by atoms with van der Waals surface area (Å²) in [6.07, 6.45) is 2.27. The van der Waals surface area contributed by atoms with Crippen LogP contribution in [0.4, 0.5) is 0 Å². The lowest BCUT2D eigenvalue weighted by atomic mass is 9.94.